The highest BCUT2D eigenvalue weighted by atomic mass is 16.5. The molecule has 0 aliphatic heterocycles. The molecule has 8 heteroatoms. The fourth-order valence-corrected chi connectivity index (χ4v) is 2.91. The zero-order valence-corrected chi connectivity index (χ0v) is 16.7. The summed E-state index contributed by atoms with van der Waals surface area (Å²) in [5.41, 5.74) is 1.79. The smallest absolute Gasteiger partial charge is 0.313 e. The molecule has 0 atom stereocenters. The third-order valence-corrected chi connectivity index (χ3v) is 4.51. The minimum atomic E-state index is -0.779. The van der Waals surface area contributed by atoms with E-state index in [4.69, 9.17) is 4.74 Å². The quantitative estimate of drug-likeness (QED) is 0.461. The molecule has 3 aromatic rings. The van der Waals surface area contributed by atoms with Gasteiger partial charge < -0.3 is 19.9 Å². The Morgan fingerprint density at radius 2 is 1.77 bits per heavy atom. The van der Waals surface area contributed by atoms with E-state index in [2.05, 4.69) is 15.6 Å². The zero-order valence-electron chi connectivity index (χ0n) is 16.7. The van der Waals surface area contributed by atoms with E-state index in [0.717, 1.165) is 11.3 Å². The maximum atomic E-state index is 12.4. The molecule has 0 aliphatic rings. The summed E-state index contributed by atoms with van der Waals surface area (Å²) in [5.74, 6) is -0.691. The molecular weight excluding hydrogens is 384 g/mol. The number of ketones is 1. The molecule has 1 aromatic heterocycles. The van der Waals surface area contributed by atoms with Crippen LogP contribution in [0.4, 0.5) is 5.69 Å². The van der Waals surface area contributed by atoms with Crippen molar-refractivity contribution >= 4 is 23.3 Å². The van der Waals surface area contributed by atoms with Gasteiger partial charge in [-0.25, -0.2) is 4.98 Å². The summed E-state index contributed by atoms with van der Waals surface area (Å²) in [7, 11) is 3.32. The lowest BCUT2D eigenvalue weighted by atomic mass is 10.1. The highest BCUT2D eigenvalue weighted by Crippen LogP contribution is 2.17. The van der Waals surface area contributed by atoms with Crippen LogP contribution in [0.5, 0.6) is 5.75 Å². The fourth-order valence-electron chi connectivity index (χ4n) is 2.91. The Bertz CT molecular complexity index is 1060. The first-order valence-corrected chi connectivity index (χ1v) is 9.32. The number of amides is 2. The lowest BCUT2D eigenvalue weighted by Crippen LogP contribution is -2.36. The predicted octanol–water partition coefficient (Wildman–Crippen LogP) is 1.96. The lowest BCUT2D eigenvalue weighted by Gasteiger charge is -2.09. The first kappa shape index (κ1) is 20.8. The van der Waals surface area contributed by atoms with Gasteiger partial charge in [0.1, 0.15) is 5.75 Å². The van der Waals surface area contributed by atoms with E-state index in [9.17, 15) is 14.4 Å². The normalized spacial score (nSPS) is 10.3. The van der Waals surface area contributed by atoms with E-state index in [0.29, 0.717) is 30.0 Å². The second-order valence-electron chi connectivity index (χ2n) is 6.54. The minimum Gasteiger partial charge on any atom is -0.496 e. The van der Waals surface area contributed by atoms with Crippen LogP contribution in [0.1, 0.15) is 21.7 Å². The molecule has 30 heavy (non-hydrogen) atoms. The summed E-state index contributed by atoms with van der Waals surface area (Å²) >= 11 is 0. The highest BCUT2D eigenvalue weighted by Gasteiger charge is 2.16. The second kappa shape index (κ2) is 9.51. The maximum absolute atomic E-state index is 12.4. The number of nitrogens with zero attached hydrogens (tertiary/aromatic N) is 2. The predicted molar refractivity (Wildman–Crippen MR) is 111 cm³/mol. The van der Waals surface area contributed by atoms with Gasteiger partial charge in [-0.1, -0.05) is 18.2 Å². The summed E-state index contributed by atoms with van der Waals surface area (Å²) in [6.45, 7) is 0.295. The maximum Gasteiger partial charge on any atom is 0.313 e. The average Bonchev–Trinajstić information content (AvgIpc) is 3.19. The number of methoxy groups -OCH3 is 1. The molecule has 154 valence electrons. The number of nitrogens with one attached hydrogen (secondary N) is 2. The molecule has 2 aromatic carbocycles. The topological polar surface area (TPSA) is 102 Å². The van der Waals surface area contributed by atoms with Gasteiger partial charge in [0.05, 0.1) is 7.11 Å². The van der Waals surface area contributed by atoms with Crippen molar-refractivity contribution in [1.29, 1.82) is 0 Å². The molecule has 0 fully saturated rings. The first-order valence-electron chi connectivity index (χ1n) is 9.32. The van der Waals surface area contributed by atoms with E-state index in [-0.39, 0.29) is 5.78 Å². The van der Waals surface area contributed by atoms with Gasteiger partial charge in [-0.3, -0.25) is 14.4 Å². The molecule has 0 radical (unpaired) electrons. The van der Waals surface area contributed by atoms with Crippen molar-refractivity contribution in [3.05, 3.63) is 77.9 Å². The Morgan fingerprint density at radius 1 is 1.03 bits per heavy atom. The Morgan fingerprint density at radius 3 is 2.43 bits per heavy atom. The number of hydrogen-bond donors (Lipinski definition) is 2. The Labute approximate surface area is 173 Å². The van der Waals surface area contributed by atoms with Crippen molar-refractivity contribution < 1.29 is 19.1 Å². The second-order valence-corrected chi connectivity index (χ2v) is 6.54. The van der Waals surface area contributed by atoms with Crippen LogP contribution in [-0.2, 0) is 23.1 Å². The number of imidazole rings is 1. The van der Waals surface area contributed by atoms with Gasteiger partial charge in [-0.15, -0.1) is 0 Å². The van der Waals surface area contributed by atoms with Gasteiger partial charge in [0.25, 0.3) is 0 Å². The number of aromatic nitrogens is 2. The molecule has 2 N–H and O–H groups in total. The number of anilines is 1. The molecule has 2 amide bonds. The fraction of sp³-hybridized carbons (Fsp3) is 0.182. The number of rotatable bonds is 7. The van der Waals surface area contributed by atoms with Crippen molar-refractivity contribution in [3.8, 4) is 5.75 Å². The molecule has 0 aliphatic carbocycles. The summed E-state index contributed by atoms with van der Waals surface area (Å²) in [5, 5.41) is 5.10. The monoisotopic (exact) mass is 406 g/mol. The van der Waals surface area contributed by atoms with Gasteiger partial charge in [-0.05, 0) is 42.3 Å². The van der Waals surface area contributed by atoms with Crippen LogP contribution >= 0.6 is 0 Å². The van der Waals surface area contributed by atoms with Gasteiger partial charge in [0.2, 0.25) is 5.78 Å². The van der Waals surface area contributed by atoms with E-state index in [1.54, 1.807) is 55.4 Å². The molecule has 0 bridgehead atoms. The van der Waals surface area contributed by atoms with Crippen LogP contribution < -0.4 is 15.4 Å². The van der Waals surface area contributed by atoms with Crippen molar-refractivity contribution in [2.24, 2.45) is 7.05 Å². The Kier molecular flexibility index (Phi) is 6.59. The number of ether oxygens (including phenoxy) is 1. The molecular formula is C22H22N4O4. The van der Waals surface area contributed by atoms with Crippen LogP contribution in [0.15, 0.2) is 60.9 Å². The van der Waals surface area contributed by atoms with E-state index >= 15 is 0 Å². The standard InChI is InChI=1S/C22H22N4O4/c1-26-14-13-23-20(26)19(27)16-7-9-17(10-8-16)25-22(29)21(28)24-12-11-15-5-3-4-6-18(15)30-2/h3-10,13-14H,11-12H2,1-2H3,(H,24,28)(H,25,29). The van der Waals surface area contributed by atoms with Crippen molar-refractivity contribution in [3.63, 3.8) is 0 Å². The number of carbonyl (C=O) groups excluding carboxylic acids is 3. The summed E-state index contributed by atoms with van der Waals surface area (Å²) < 4.78 is 6.90. The molecule has 3 rings (SSSR count). The largest absolute Gasteiger partial charge is 0.496 e. The van der Waals surface area contributed by atoms with E-state index in [1.165, 1.54) is 0 Å². The van der Waals surface area contributed by atoms with E-state index < -0.39 is 11.8 Å². The number of hydrogen-bond acceptors (Lipinski definition) is 5. The third kappa shape index (κ3) is 4.91. The number of carbonyl (C=O) groups is 3. The Balaban J connectivity index is 1.52. The highest BCUT2D eigenvalue weighted by molar-refractivity contribution is 6.39. The van der Waals surface area contributed by atoms with Gasteiger partial charge in [0, 0.05) is 37.2 Å². The molecule has 1 heterocycles. The van der Waals surface area contributed by atoms with Gasteiger partial charge in [-0.2, -0.15) is 0 Å². The number of para-hydroxylation sites is 1. The summed E-state index contributed by atoms with van der Waals surface area (Å²) in [6, 6.07) is 13.8. The van der Waals surface area contributed by atoms with Crippen molar-refractivity contribution in [2.45, 2.75) is 6.42 Å². The van der Waals surface area contributed by atoms with Crippen molar-refractivity contribution in [1.82, 2.24) is 14.9 Å². The minimum absolute atomic E-state index is 0.227. The molecule has 0 saturated heterocycles. The number of benzene rings is 2. The molecule has 0 spiro atoms. The molecule has 0 saturated carbocycles. The van der Waals surface area contributed by atoms with Crippen LogP contribution in [-0.4, -0.2) is 40.8 Å². The van der Waals surface area contributed by atoms with Gasteiger partial charge >= 0.3 is 11.8 Å². The zero-order chi connectivity index (χ0) is 21.5. The molecule has 0 unspecified atom stereocenters. The van der Waals surface area contributed by atoms with Crippen LogP contribution in [0, 0.1) is 0 Å². The Hall–Kier alpha value is -3.94. The number of aryl methyl sites for hydroxylation is 1. The van der Waals surface area contributed by atoms with Crippen LogP contribution in [0.25, 0.3) is 0 Å². The lowest BCUT2D eigenvalue weighted by molar-refractivity contribution is -0.136. The first-order chi connectivity index (χ1) is 14.5. The van der Waals surface area contributed by atoms with Gasteiger partial charge in [0.15, 0.2) is 5.82 Å². The molecule has 8 nitrogen and oxygen atoms in total. The average molecular weight is 406 g/mol. The van der Waals surface area contributed by atoms with Crippen LogP contribution in [0.2, 0.25) is 0 Å². The van der Waals surface area contributed by atoms with E-state index in [1.807, 2.05) is 24.3 Å². The van der Waals surface area contributed by atoms with Crippen molar-refractivity contribution in [2.75, 3.05) is 19.0 Å². The summed E-state index contributed by atoms with van der Waals surface area (Å²) in [4.78, 5) is 40.6. The SMILES string of the molecule is COc1ccccc1CCNC(=O)C(=O)Nc1ccc(C(=O)c2nccn2C)cc1. The van der Waals surface area contributed by atoms with Crippen LogP contribution in [0.3, 0.4) is 0 Å². The summed E-state index contributed by atoms with van der Waals surface area (Å²) in [6.07, 6.45) is 3.77. The third-order valence-electron chi connectivity index (χ3n) is 4.51.